The summed E-state index contributed by atoms with van der Waals surface area (Å²) in [6, 6.07) is 0. The van der Waals surface area contributed by atoms with Gasteiger partial charge >= 0.3 is 0 Å². The van der Waals surface area contributed by atoms with Gasteiger partial charge in [0.2, 0.25) is 0 Å². The first-order valence-corrected chi connectivity index (χ1v) is 4.27. The van der Waals surface area contributed by atoms with Crippen LogP contribution in [-0.2, 0) is 9.59 Å². The van der Waals surface area contributed by atoms with E-state index in [1.165, 1.54) is 13.8 Å². The highest BCUT2D eigenvalue weighted by Gasteiger charge is 2.22. The SMILES string of the molecule is CC(=O)C(CC(O)CCl)C(C)=O. The van der Waals surface area contributed by atoms with Crippen LogP contribution in [0.25, 0.3) is 0 Å². The highest BCUT2D eigenvalue weighted by molar-refractivity contribution is 6.18. The zero-order valence-corrected chi connectivity index (χ0v) is 7.97. The Bertz CT molecular complexity index is 165. The molecule has 0 amide bonds. The van der Waals surface area contributed by atoms with Crippen LogP contribution < -0.4 is 0 Å². The Morgan fingerprint density at radius 1 is 1.33 bits per heavy atom. The fraction of sp³-hybridized carbons (Fsp3) is 0.750. The van der Waals surface area contributed by atoms with E-state index in [-0.39, 0.29) is 23.9 Å². The quantitative estimate of drug-likeness (QED) is 0.517. The molecule has 0 radical (unpaired) electrons. The third-order valence-corrected chi connectivity index (χ3v) is 2.02. The zero-order valence-electron chi connectivity index (χ0n) is 7.21. The first-order valence-electron chi connectivity index (χ1n) is 3.74. The van der Waals surface area contributed by atoms with Crippen molar-refractivity contribution >= 4 is 23.2 Å². The Balaban J connectivity index is 4.14. The summed E-state index contributed by atoms with van der Waals surface area (Å²) in [5.41, 5.74) is 0. The van der Waals surface area contributed by atoms with Crippen LogP contribution in [0.1, 0.15) is 20.3 Å². The van der Waals surface area contributed by atoms with Crippen molar-refractivity contribution in [3.05, 3.63) is 0 Å². The van der Waals surface area contributed by atoms with Crippen LogP contribution in [0.3, 0.4) is 0 Å². The normalized spacial score (nSPS) is 13.1. The van der Waals surface area contributed by atoms with Crippen LogP contribution in [0.4, 0.5) is 0 Å². The van der Waals surface area contributed by atoms with E-state index in [4.69, 9.17) is 16.7 Å². The van der Waals surface area contributed by atoms with E-state index in [9.17, 15) is 9.59 Å². The minimum Gasteiger partial charge on any atom is -0.392 e. The number of rotatable bonds is 5. The average Bonchev–Trinajstić information content (AvgIpc) is 1.98. The maximum atomic E-state index is 10.9. The predicted molar refractivity (Wildman–Crippen MR) is 46.2 cm³/mol. The van der Waals surface area contributed by atoms with Gasteiger partial charge in [0.05, 0.1) is 12.0 Å². The largest absolute Gasteiger partial charge is 0.392 e. The first kappa shape index (κ1) is 11.6. The van der Waals surface area contributed by atoms with Crippen LogP contribution in [0, 0.1) is 5.92 Å². The maximum absolute atomic E-state index is 10.9. The van der Waals surface area contributed by atoms with Crippen molar-refractivity contribution in [1.29, 1.82) is 0 Å². The number of ketones is 2. The van der Waals surface area contributed by atoms with Crippen LogP contribution >= 0.6 is 11.6 Å². The molecule has 12 heavy (non-hydrogen) atoms. The average molecular weight is 193 g/mol. The minimum atomic E-state index is -0.774. The Hall–Kier alpha value is -0.410. The lowest BCUT2D eigenvalue weighted by Crippen LogP contribution is -2.25. The van der Waals surface area contributed by atoms with Crippen molar-refractivity contribution in [3.8, 4) is 0 Å². The van der Waals surface area contributed by atoms with Gasteiger partial charge in [-0.3, -0.25) is 9.59 Å². The molecule has 0 heterocycles. The monoisotopic (exact) mass is 192 g/mol. The fourth-order valence-corrected chi connectivity index (χ4v) is 1.08. The van der Waals surface area contributed by atoms with Gasteiger partial charge < -0.3 is 5.11 Å². The highest BCUT2D eigenvalue weighted by Crippen LogP contribution is 2.10. The number of hydrogen-bond donors (Lipinski definition) is 1. The molecule has 0 aliphatic rings. The molecule has 1 unspecified atom stereocenters. The number of hydrogen-bond acceptors (Lipinski definition) is 3. The zero-order chi connectivity index (χ0) is 9.72. The molecule has 0 saturated heterocycles. The number of halogens is 1. The summed E-state index contributed by atoms with van der Waals surface area (Å²) in [6.07, 6.45) is -0.641. The third kappa shape index (κ3) is 3.83. The summed E-state index contributed by atoms with van der Waals surface area (Å²) in [4.78, 5) is 21.7. The molecule has 0 fully saturated rings. The fourth-order valence-electron chi connectivity index (χ4n) is 0.953. The van der Waals surface area contributed by atoms with Crippen LogP contribution in [-0.4, -0.2) is 28.7 Å². The van der Waals surface area contributed by atoms with Gasteiger partial charge in [0.1, 0.15) is 11.6 Å². The smallest absolute Gasteiger partial charge is 0.140 e. The van der Waals surface area contributed by atoms with E-state index < -0.39 is 12.0 Å². The van der Waals surface area contributed by atoms with Gasteiger partial charge in [-0.05, 0) is 20.3 Å². The molecule has 1 N–H and O–H groups in total. The lowest BCUT2D eigenvalue weighted by Gasteiger charge is -2.12. The Labute approximate surface area is 76.7 Å². The Kier molecular flexibility index (Phi) is 5.09. The molecule has 0 aliphatic heterocycles. The summed E-state index contributed by atoms with van der Waals surface area (Å²) in [7, 11) is 0. The predicted octanol–water partition coefficient (Wildman–Crippen LogP) is 0.770. The van der Waals surface area contributed by atoms with Gasteiger partial charge in [-0.1, -0.05) is 0 Å². The lowest BCUT2D eigenvalue weighted by atomic mass is 9.94. The lowest BCUT2D eigenvalue weighted by molar-refractivity contribution is -0.131. The summed E-state index contributed by atoms with van der Waals surface area (Å²) >= 11 is 5.33. The Morgan fingerprint density at radius 3 is 2.00 bits per heavy atom. The van der Waals surface area contributed by atoms with Gasteiger partial charge in [-0.25, -0.2) is 0 Å². The molecule has 0 spiro atoms. The van der Waals surface area contributed by atoms with Crippen molar-refractivity contribution in [2.45, 2.75) is 26.4 Å². The molecule has 3 nitrogen and oxygen atoms in total. The molecule has 1 atom stereocenters. The second-order valence-electron chi connectivity index (χ2n) is 2.82. The number of carbonyl (C=O) groups excluding carboxylic acids is 2. The van der Waals surface area contributed by atoms with Gasteiger partial charge in [-0.2, -0.15) is 0 Å². The van der Waals surface area contributed by atoms with Crippen LogP contribution in [0.5, 0.6) is 0 Å². The second kappa shape index (κ2) is 5.27. The summed E-state index contributed by atoms with van der Waals surface area (Å²) in [5.74, 6) is -1.08. The molecule has 70 valence electrons. The molecular formula is C8H13ClO3. The molecule has 0 aromatic rings. The second-order valence-corrected chi connectivity index (χ2v) is 3.13. The van der Waals surface area contributed by atoms with Crippen molar-refractivity contribution in [3.63, 3.8) is 0 Å². The molecule has 0 aromatic heterocycles. The van der Waals surface area contributed by atoms with E-state index in [0.717, 1.165) is 0 Å². The van der Waals surface area contributed by atoms with Crippen LogP contribution in [0.2, 0.25) is 0 Å². The van der Waals surface area contributed by atoms with E-state index in [1.54, 1.807) is 0 Å². The molecule has 0 bridgehead atoms. The number of Topliss-reactive ketones (excluding diaryl/α,β-unsaturated/α-hetero) is 2. The van der Waals surface area contributed by atoms with Gasteiger partial charge in [-0.15, -0.1) is 11.6 Å². The summed E-state index contributed by atoms with van der Waals surface area (Å²) < 4.78 is 0. The van der Waals surface area contributed by atoms with Crippen molar-refractivity contribution < 1.29 is 14.7 Å². The third-order valence-electron chi connectivity index (χ3n) is 1.67. The van der Waals surface area contributed by atoms with Gasteiger partial charge in [0, 0.05) is 5.88 Å². The molecule has 0 aromatic carbocycles. The number of aliphatic hydroxyl groups excluding tert-OH is 1. The van der Waals surface area contributed by atoms with Crippen molar-refractivity contribution in [2.75, 3.05) is 5.88 Å². The topological polar surface area (TPSA) is 54.4 Å². The summed E-state index contributed by atoms with van der Waals surface area (Å²) in [6.45, 7) is 2.68. The van der Waals surface area contributed by atoms with E-state index in [0.29, 0.717) is 0 Å². The van der Waals surface area contributed by atoms with Crippen LogP contribution in [0.15, 0.2) is 0 Å². The standard InChI is InChI=1S/C8H13ClO3/c1-5(10)8(6(2)11)3-7(12)4-9/h7-8,12H,3-4H2,1-2H3. The highest BCUT2D eigenvalue weighted by atomic mass is 35.5. The van der Waals surface area contributed by atoms with Gasteiger partial charge in [0.25, 0.3) is 0 Å². The maximum Gasteiger partial charge on any atom is 0.140 e. The number of carbonyl (C=O) groups is 2. The van der Waals surface area contributed by atoms with E-state index >= 15 is 0 Å². The number of aliphatic hydroxyl groups is 1. The molecule has 0 aliphatic carbocycles. The van der Waals surface area contributed by atoms with Gasteiger partial charge in [0.15, 0.2) is 0 Å². The molecule has 0 saturated carbocycles. The number of alkyl halides is 1. The minimum absolute atomic E-state index is 0.0526. The summed E-state index contributed by atoms with van der Waals surface area (Å²) in [5, 5.41) is 9.09. The molecular weight excluding hydrogens is 180 g/mol. The first-order chi connectivity index (χ1) is 5.49. The molecule has 4 heteroatoms. The van der Waals surface area contributed by atoms with E-state index in [2.05, 4.69) is 0 Å². The van der Waals surface area contributed by atoms with Crippen molar-refractivity contribution in [1.82, 2.24) is 0 Å². The van der Waals surface area contributed by atoms with Crippen molar-refractivity contribution in [2.24, 2.45) is 5.92 Å². The molecule has 0 rings (SSSR count). The Morgan fingerprint density at radius 2 is 1.75 bits per heavy atom. The van der Waals surface area contributed by atoms with E-state index in [1.807, 2.05) is 0 Å².